The van der Waals surface area contributed by atoms with Gasteiger partial charge in [-0.05, 0) is 38.8 Å². The van der Waals surface area contributed by atoms with Gasteiger partial charge in [0.2, 0.25) is 0 Å². The van der Waals surface area contributed by atoms with E-state index in [1.165, 1.54) is 19.3 Å². The van der Waals surface area contributed by atoms with Crippen molar-refractivity contribution in [1.29, 1.82) is 0 Å². The predicted molar refractivity (Wildman–Crippen MR) is 75.7 cm³/mol. The van der Waals surface area contributed by atoms with Crippen LogP contribution in [-0.4, -0.2) is 54.4 Å². The summed E-state index contributed by atoms with van der Waals surface area (Å²) in [5, 5.41) is 11.6. The predicted octanol–water partition coefficient (Wildman–Crippen LogP) is 1.84. The van der Waals surface area contributed by atoms with Crippen LogP contribution in [0.2, 0.25) is 0 Å². The molecule has 1 atom stereocenters. The van der Waals surface area contributed by atoms with Gasteiger partial charge in [0.15, 0.2) is 0 Å². The molecule has 1 aliphatic heterocycles. The lowest BCUT2D eigenvalue weighted by molar-refractivity contribution is -0.139. The van der Waals surface area contributed by atoms with Crippen LogP contribution < -0.4 is 5.32 Å². The Bertz CT molecular complexity index is 304. The van der Waals surface area contributed by atoms with Gasteiger partial charge in [-0.2, -0.15) is 0 Å². The average Bonchev–Trinajstić information content (AvgIpc) is 2.44. The molecular formula is C14H26N2O4. The lowest BCUT2D eigenvalue weighted by atomic mass is 10.1. The summed E-state index contributed by atoms with van der Waals surface area (Å²) in [7, 11) is 0. The highest BCUT2D eigenvalue weighted by Gasteiger charge is 2.22. The Balaban J connectivity index is 2.28. The van der Waals surface area contributed by atoms with E-state index in [0.29, 0.717) is 19.6 Å². The number of piperidine rings is 1. The van der Waals surface area contributed by atoms with Gasteiger partial charge in [-0.25, -0.2) is 9.59 Å². The summed E-state index contributed by atoms with van der Waals surface area (Å²) >= 11 is 0. The van der Waals surface area contributed by atoms with Gasteiger partial charge in [-0.3, -0.25) is 0 Å². The molecule has 1 heterocycles. The van der Waals surface area contributed by atoms with Crippen molar-refractivity contribution in [3.05, 3.63) is 0 Å². The third kappa shape index (κ3) is 6.75. The minimum absolute atomic E-state index is 0.334. The maximum atomic E-state index is 11.5. The van der Waals surface area contributed by atoms with E-state index in [4.69, 9.17) is 9.84 Å². The van der Waals surface area contributed by atoms with Crippen LogP contribution in [0.1, 0.15) is 45.4 Å². The first-order chi connectivity index (χ1) is 9.63. The highest BCUT2D eigenvalue weighted by atomic mass is 16.5. The number of nitrogens with zero attached hydrogens (tertiary/aromatic N) is 1. The first-order valence-corrected chi connectivity index (χ1v) is 7.52. The molecule has 0 aromatic heterocycles. The molecule has 0 saturated carbocycles. The number of hydrogen-bond donors (Lipinski definition) is 2. The van der Waals surface area contributed by atoms with E-state index in [2.05, 4.69) is 10.2 Å². The Morgan fingerprint density at radius 3 is 2.60 bits per heavy atom. The van der Waals surface area contributed by atoms with Crippen LogP contribution in [0.4, 0.5) is 4.79 Å². The SMILES string of the molecule is CCCCOC(=O)NC(CCN1CCCCC1)C(=O)O. The molecule has 1 aliphatic rings. The highest BCUT2D eigenvalue weighted by molar-refractivity contribution is 5.79. The molecule has 2 N–H and O–H groups in total. The van der Waals surface area contributed by atoms with Crippen molar-refractivity contribution in [3.63, 3.8) is 0 Å². The highest BCUT2D eigenvalue weighted by Crippen LogP contribution is 2.09. The topological polar surface area (TPSA) is 78.9 Å². The van der Waals surface area contributed by atoms with Gasteiger partial charge >= 0.3 is 12.1 Å². The van der Waals surface area contributed by atoms with Gasteiger partial charge in [-0.1, -0.05) is 19.8 Å². The molecule has 1 saturated heterocycles. The quantitative estimate of drug-likeness (QED) is 0.666. The average molecular weight is 286 g/mol. The van der Waals surface area contributed by atoms with Gasteiger partial charge in [0, 0.05) is 6.54 Å². The van der Waals surface area contributed by atoms with E-state index in [-0.39, 0.29) is 0 Å². The van der Waals surface area contributed by atoms with Gasteiger partial charge < -0.3 is 20.1 Å². The molecule has 0 bridgehead atoms. The minimum atomic E-state index is -1.01. The lowest BCUT2D eigenvalue weighted by Crippen LogP contribution is -2.44. The number of unbranched alkanes of at least 4 members (excludes halogenated alkanes) is 1. The third-order valence-corrected chi connectivity index (χ3v) is 3.50. The van der Waals surface area contributed by atoms with E-state index in [1.54, 1.807) is 0 Å². The molecule has 116 valence electrons. The maximum Gasteiger partial charge on any atom is 0.407 e. The number of hydrogen-bond acceptors (Lipinski definition) is 4. The summed E-state index contributed by atoms with van der Waals surface area (Å²) in [5.41, 5.74) is 0. The van der Waals surface area contributed by atoms with Crippen LogP contribution in [0.15, 0.2) is 0 Å². The van der Waals surface area contributed by atoms with E-state index in [1.807, 2.05) is 6.92 Å². The fraction of sp³-hybridized carbons (Fsp3) is 0.857. The molecular weight excluding hydrogens is 260 g/mol. The van der Waals surface area contributed by atoms with E-state index in [9.17, 15) is 9.59 Å². The smallest absolute Gasteiger partial charge is 0.407 e. The summed E-state index contributed by atoms with van der Waals surface area (Å²) in [6.45, 7) is 5.08. The number of alkyl carbamates (subject to hydrolysis) is 1. The number of aliphatic carboxylic acids is 1. The van der Waals surface area contributed by atoms with Gasteiger partial charge in [-0.15, -0.1) is 0 Å². The van der Waals surface area contributed by atoms with Crippen LogP contribution in [-0.2, 0) is 9.53 Å². The van der Waals surface area contributed by atoms with Crippen molar-refractivity contribution in [2.75, 3.05) is 26.2 Å². The largest absolute Gasteiger partial charge is 0.480 e. The van der Waals surface area contributed by atoms with Gasteiger partial charge in [0.25, 0.3) is 0 Å². The van der Waals surface area contributed by atoms with Crippen molar-refractivity contribution >= 4 is 12.1 Å². The summed E-state index contributed by atoms with van der Waals surface area (Å²) in [6.07, 6.45) is 5.10. The van der Waals surface area contributed by atoms with Gasteiger partial charge in [0.05, 0.1) is 6.61 Å². The van der Waals surface area contributed by atoms with Crippen molar-refractivity contribution in [2.45, 2.75) is 51.5 Å². The van der Waals surface area contributed by atoms with Crippen LogP contribution in [0.25, 0.3) is 0 Å². The summed E-state index contributed by atoms with van der Waals surface area (Å²) in [6, 6.07) is -0.869. The monoisotopic (exact) mass is 286 g/mol. The normalized spacial score (nSPS) is 17.4. The first kappa shape index (κ1) is 16.8. The van der Waals surface area contributed by atoms with Crippen LogP contribution in [0.5, 0.6) is 0 Å². The lowest BCUT2D eigenvalue weighted by Gasteiger charge is -2.27. The summed E-state index contributed by atoms with van der Waals surface area (Å²) < 4.78 is 4.93. The Morgan fingerprint density at radius 1 is 1.30 bits per heavy atom. The number of carboxylic acids is 1. The fourth-order valence-electron chi connectivity index (χ4n) is 2.25. The molecule has 0 aromatic rings. The van der Waals surface area contributed by atoms with Crippen LogP contribution in [0.3, 0.4) is 0 Å². The number of ether oxygens (including phenoxy) is 1. The number of carboxylic acid groups (broad SMARTS) is 1. The van der Waals surface area contributed by atoms with Crippen molar-refractivity contribution in [1.82, 2.24) is 10.2 Å². The van der Waals surface area contributed by atoms with Gasteiger partial charge in [0.1, 0.15) is 6.04 Å². The number of amides is 1. The standard InChI is InChI=1S/C14H26N2O4/c1-2-3-11-20-14(19)15-12(13(17)18)7-10-16-8-5-4-6-9-16/h12H,2-11H2,1H3,(H,15,19)(H,17,18). The Morgan fingerprint density at radius 2 is 2.00 bits per heavy atom. The molecule has 1 rings (SSSR count). The zero-order chi connectivity index (χ0) is 14.8. The number of carbonyl (C=O) groups excluding carboxylic acids is 1. The van der Waals surface area contributed by atoms with Crippen LogP contribution >= 0.6 is 0 Å². The second-order valence-electron chi connectivity index (χ2n) is 5.22. The molecule has 6 heteroatoms. The summed E-state index contributed by atoms with van der Waals surface area (Å²) in [5.74, 6) is -1.01. The van der Waals surface area contributed by atoms with Crippen LogP contribution in [0, 0.1) is 0 Å². The number of nitrogens with one attached hydrogen (secondary N) is 1. The molecule has 1 fully saturated rings. The van der Waals surface area contributed by atoms with Crippen molar-refractivity contribution in [2.24, 2.45) is 0 Å². The molecule has 6 nitrogen and oxygen atoms in total. The number of carbonyl (C=O) groups is 2. The third-order valence-electron chi connectivity index (χ3n) is 3.50. The number of likely N-dealkylation sites (tertiary alicyclic amines) is 1. The maximum absolute atomic E-state index is 11.5. The minimum Gasteiger partial charge on any atom is -0.480 e. The van der Waals surface area contributed by atoms with Crippen molar-refractivity contribution in [3.8, 4) is 0 Å². The molecule has 20 heavy (non-hydrogen) atoms. The van der Waals surface area contributed by atoms with E-state index < -0.39 is 18.1 Å². The Labute approximate surface area is 120 Å². The fourth-order valence-corrected chi connectivity index (χ4v) is 2.25. The molecule has 0 aliphatic carbocycles. The number of rotatable bonds is 8. The molecule has 0 spiro atoms. The second-order valence-corrected chi connectivity index (χ2v) is 5.22. The summed E-state index contributed by atoms with van der Waals surface area (Å²) in [4.78, 5) is 24.9. The zero-order valence-corrected chi connectivity index (χ0v) is 12.3. The van der Waals surface area contributed by atoms with E-state index in [0.717, 1.165) is 25.9 Å². The molecule has 0 aromatic carbocycles. The zero-order valence-electron chi connectivity index (χ0n) is 12.3. The molecule has 0 radical (unpaired) electrons. The van der Waals surface area contributed by atoms with E-state index >= 15 is 0 Å². The molecule has 1 unspecified atom stereocenters. The second kappa shape index (κ2) is 9.58. The Hall–Kier alpha value is -1.30. The Kier molecular flexibility index (Phi) is 8.02. The first-order valence-electron chi connectivity index (χ1n) is 7.52. The van der Waals surface area contributed by atoms with Crippen molar-refractivity contribution < 1.29 is 19.4 Å². The molecule has 1 amide bonds.